The molecule has 0 bridgehead atoms. The largest absolute Gasteiger partial charge is 0.385 e. The van der Waals surface area contributed by atoms with Gasteiger partial charge in [-0.25, -0.2) is 0 Å². The van der Waals surface area contributed by atoms with Crippen LogP contribution in [0.1, 0.15) is 25.3 Å². The quantitative estimate of drug-likeness (QED) is 0.793. The van der Waals surface area contributed by atoms with Crippen molar-refractivity contribution in [3.8, 4) is 0 Å². The first-order chi connectivity index (χ1) is 9.98. The van der Waals surface area contributed by atoms with Gasteiger partial charge in [0.05, 0.1) is 17.3 Å². The summed E-state index contributed by atoms with van der Waals surface area (Å²) in [6.45, 7) is 1.53. The predicted octanol–water partition coefficient (Wildman–Crippen LogP) is 1.95. The lowest BCUT2D eigenvalue weighted by atomic mass is 9.86. The highest BCUT2D eigenvalue weighted by Crippen LogP contribution is 2.60. The fraction of sp³-hybridized carbons (Fsp3) is 0.467. The molecule has 21 heavy (non-hydrogen) atoms. The molecule has 1 aromatic carbocycles. The van der Waals surface area contributed by atoms with Gasteiger partial charge in [-0.1, -0.05) is 11.6 Å². The molecular formula is C15H16ClN3O2. The van der Waals surface area contributed by atoms with Gasteiger partial charge in [0, 0.05) is 23.4 Å². The van der Waals surface area contributed by atoms with E-state index in [1.54, 1.807) is 6.20 Å². The number of rotatable bonds is 2. The van der Waals surface area contributed by atoms with Crippen LogP contribution in [0.4, 0.5) is 0 Å². The second-order valence-electron chi connectivity index (χ2n) is 6.28. The minimum Gasteiger partial charge on any atom is -0.385 e. The minimum absolute atomic E-state index is 0.00193. The summed E-state index contributed by atoms with van der Waals surface area (Å²) in [5.41, 5.74) is 0.801. The third kappa shape index (κ3) is 1.95. The van der Waals surface area contributed by atoms with E-state index < -0.39 is 5.60 Å². The lowest BCUT2D eigenvalue weighted by Gasteiger charge is -2.27. The van der Waals surface area contributed by atoms with Crippen LogP contribution < -0.4 is 5.32 Å². The van der Waals surface area contributed by atoms with Gasteiger partial charge in [-0.15, -0.1) is 0 Å². The van der Waals surface area contributed by atoms with Gasteiger partial charge in [-0.05, 0) is 42.4 Å². The molecule has 0 aliphatic heterocycles. The van der Waals surface area contributed by atoms with Gasteiger partial charge in [0.2, 0.25) is 5.91 Å². The molecule has 2 aliphatic carbocycles. The van der Waals surface area contributed by atoms with Crippen LogP contribution in [-0.2, 0) is 10.4 Å². The highest BCUT2D eigenvalue weighted by atomic mass is 35.5. The molecule has 0 saturated heterocycles. The van der Waals surface area contributed by atoms with Crippen molar-refractivity contribution in [1.82, 2.24) is 15.5 Å². The van der Waals surface area contributed by atoms with Crippen LogP contribution in [0.2, 0.25) is 5.02 Å². The van der Waals surface area contributed by atoms with Crippen molar-refractivity contribution in [1.29, 1.82) is 0 Å². The number of H-pyrrole nitrogens is 1. The summed E-state index contributed by atoms with van der Waals surface area (Å²) in [6.07, 6.45) is 3.04. The Morgan fingerprint density at radius 1 is 1.48 bits per heavy atom. The average molecular weight is 306 g/mol. The molecule has 0 unspecified atom stereocenters. The lowest BCUT2D eigenvalue weighted by molar-refractivity contribution is -0.119. The fourth-order valence-electron chi connectivity index (χ4n) is 3.93. The molecule has 4 rings (SSSR count). The smallest absolute Gasteiger partial charge is 0.217 e. The van der Waals surface area contributed by atoms with E-state index >= 15 is 0 Å². The monoisotopic (exact) mass is 305 g/mol. The number of benzene rings is 1. The Bertz CT molecular complexity index is 730. The Morgan fingerprint density at radius 2 is 2.19 bits per heavy atom. The average Bonchev–Trinajstić information content (AvgIpc) is 2.83. The molecule has 1 aromatic heterocycles. The number of carbonyl (C=O) groups excluding carboxylic acids is 1. The molecule has 5 nitrogen and oxygen atoms in total. The molecule has 6 heteroatoms. The van der Waals surface area contributed by atoms with Gasteiger partial charge < -0.3 is 10.4 Å². The fourth-order valence-corrected chi connectivity index (χ4v) is 4.15. The van der Waals surface area contributed by atoms with Crippen molar-refractivity contribution < 1.29 is 9.90 Å². The summed E-state index contributed by atoms with van der Waals surface area (Å²) < 4.78 is 0. The predicted molar refractivity (Wildman–Crippen MR) is 78.8 cm³/mol. The SMILES string of the molecule is CC(=O)N[C@H]1[C@@H]2C[C@](O)(c3cc(Cl)cc4[nH]ncc34)C[C@@H]21. The summed E-state index contributed by atoms with van der Waals surface area (Å²) >= 11 is 6.15. The Labute approximate surface area is 126 Å². The molecule has 2 fully saturated rings. The van der Waals surface area contributed by atoms with Gasteiger partial charge in [-0.3, -0.25) is 9.89 Å². The molecule has 0 spiro atoms. The number of hydrogen-bond acceptors (Lipinski definition) is 3. The van der Waals surface area contributed by atoms with Crippen LogP contribution in [-0.4, -0.2) is 27.3 Å². The molecule has 110 valence electrons. The Balaban J connectivity index is 1.65. The van der Waals surface area contributed by atoms with Crippen LogP contribution in [0.3, 0.4) is 0 Å². The third-order valence-electron chi connectivity index (χ3n) is 4.87. The van der Waals surface area contributed by atoms with Crippen molar-refractivity contribution in [3.63, 3.8) is 0 Å². The van der Waals surface area contributed by atoms with Gasteiger partial charge in [0.25, 0.3) is 0 Å². The van der Waals surface area contributed by atoms with E-state index in [1.807, 2.05) is 12.1 Å². The first-order valence-corrected chi connectivity index (χ1v) is 7.48. The van der Waals surface area contributed by atoms with Gasteiger partial charge in [0.15, 0.2) is 0 Å². The van der Waals surface area contributed by atoms with E-state index in [4.69, 9.17) is 11.6 Å². The second-order valence-corrected chi connectivity index (χ2v) is 6.71. The standard InChI is InChI=1S/C15H16ClN3O2/c1-7(20)18-14-9-4-15(21,5-10(9)14)12-2-8(16)3-13-11(12)6-17-19-13/h2-3,6,9-10,14,21H,4-5H2,1H3,(H,17,19)(H,18,20)/t9-,10+,14+,15-. The number of halogens is 1. The summed E-state index contributed by atoms with van der Waals surface area (Å²) in [5, 5.41) is 22.4. The number of hydrogen-bond donors (Lipinski definition) is 3. The van der Waals surface area contributed by atoms with Crippen molar-refractivity contribution in [3.05, 3.63) is 28.9 Å². The second kappa shape index (κ2) is 4.21. The van der Waals surface area contributed by atoms with E-state index in [0.29, 0.717) is 29.7 Å². The van der Waals surface area contributed by atoms with Crippen LogP contribution in [0, 0.1) is 11.8 Å². The van der Waals surface area contributed by atoms with E-state index in [9.17, 15) is 9.90 Å². The van der Waals surface area contributed by atoms with E-state index in [1.165, 1.54) is 6.92 Å². The number of aromatic nitrogens is 2. The van der Waals surface area contributed by atoms with Crippen LogP contribution >= 0.6 is 11.6 Å². The number of nitrogens with zero attached hydrogens (tertiary/aromatic N) is 1. The lowest BCUT2D eigenvalue weighted by Crippen LogP contribution is -2.32. The van der Waals surface area contributed by atoms with E-state index in [-0.39, 0.29) is 11.9 Å². The van der Waals surface area contributed by atoms with Gasteiger partial charge >= 0.3 is 0 Å². The van der Waals surface area contributed by atoms with Gasteiger partial charge in [-0.2, -0.15) is 5.10 Å². The zero-order valence-electron chi connectivity index (χ0n) is 11.6. The molecule has 2 saturated carbocycles. The third-order valence-corrected chi connectivity index (χ3v) is 5.09. The molecule has 3 N–H and O–H groups in total. The number of aromatic amines is 1. The molecule has 1 amide bonds. The first-order valence-electron chi connectivity index (χ1n) is 7.10. The summed E-state index contributed by atoms with van der Waals surface area (Å²) in [4.78, 5) is 11.1. The van der Waals surface area contributed by atoms with Crippen molar-refractivity contribution in [2.45, 2.75) is 31.4 Å². The highest BCUT2D eigenvalue weighted by Gasteiger charge is 2.62. The zero-order chi connectivity index (χ0) is 14.8. The maximum Gasteiger partial charge on any atom is 0.217 e. The van der Waals surface area contributed by atoms with Crippen LogP contribution in [0.5, 0.6) is 0 Å². The Hall–Kier alpha value is -1.59. The number of nitrogens with one attached hydrogen (secondary N) is 2. The summed E-state index contributed by atoms with van der Waals surface area (Å²) in [6, 6.07) is 3.87. The minimum atomic E-state index is -0.878. The normalized spacial score (nSPS) is 34.0. The van der Waals surface area contributed by atoms with Crippen molar-refractivity contribution in [2.75, 3.05) is 0 Å². The number of fused-ring (bicyclic) bond motifs is 2. The van der Waals surface area contributed by atoms with E-state index in [2.05, 4.69) is 15.5 Å². The van der Waals surface area contributed by atoms with E-state index in [0.717, 1.165) is 16.5 Å². The maximum atomic E-state index is 11.1. The number of aliphatic hydroxyl groups is 1. The number of carbonyl (C=O) groups is 1. The molecule has 2 aliphatic rings. The summed E-state index contributed by atoms with van der Waals surface area (Å²) in [7, 11) is 0. The molecule has 0 radical (unpaired) electrons. The molecule has 1 heterocycles. The van der Waals surface area contributed by atoms with Crippen LogP contribution in [0.25, 0.3) is 10.9 Å². The molecule has 2 aromatic rings. The summed E-state index contributed by atoms with van der Waals surface area (Å²) in [5.74, 6) is 0.720. The van der Waals surface area contributed by atoms with Crippen molar-refractivity contribution in [2.24, 2.45) is 11.8 Å². The maximum absolute atomic E-state index is 11.1. The zero-order valence-corrected chi connectivity index (χ0v) is 12.3. The number of amides is 1. The topological polar surface area (TPSA) is 78.0 Å². The van der Waals surface area contributed by atoms with Gasteiger partial charge in [0.1, 0.15) is 0 Å². The Kier molecular flexibility index (Phi) is 2.63. The van der Waals surface area contributed by atoms with Crippen molar-refractivity contribution >= 4 is 28.4 Å². The highest BCUT2D eigenvalue weighted by molar-refractivity contribution is 6.31. The van der Waals surface area contributed by atoms with Crippen LogP contribution in [0.15, 0.2) is 18.3 Å². The Morgan fingerprint density at radius 3 is 2.86 bits per heavy atom. The molecular weight excluding hydrogens is 290 g/mol. The molecule has 4 atom stereocenters. The first kappa shape index (κ1) is 13.1.